The van der Waals surface area contributed by atoms with Crippen LogP contribution in [0.25, 0.3) is 0 Å². The van der Waals surface area contributed by atoms with E-state index < -0.39 is 0 Å². The number of aryl methyl sites for hydroxylation is 1. The molecule has 1 amide bonds. The first-order chi connectivity index (χ1) is 12.2. The molecule has 3 atom stereocenters. The second-order valence-corrected chi connectivity index (χ2v) is 7.25. The zero-order valence-corrected chi connectivity index (χ0v) is 14.7. The van der Waals surface area contributed by atoms with E-state index in [0.717, 1.165) is 32.5 Å². The monoisotopic (exact) mass is 339 g/mol. The molecule has 25 heavy (non-hydrogen) atoms. The molecule has 2 fully saturated rings. The van der Waals surface area contributed by atoms with Crippen molar-refractivity contribution in [2.75, 3.05) is 19.7 Å². The molecule has 132 valence electrons. The molecule has 0 bridgehead atoms. The Hall–Kier alpha value is -2.14. The second-order valence-electron chi connectivity index (χ2n) is 7.25. The molecule has 0 radical (unpaired) electrons. The molecule has 1 unspecified atom stereocenters. The van der Waals surface area contributed by atoms with Gasteiger partial charge in [-0.2, -0.15) is 5.10 Å². The molecule has 3 heterocycles. The van der Waals surface area contributed by atoms with Gasteiger partial charge in [0.1, 0.15) is 6.10 Å². The Morgan fingerprint density at radius 2 is 2.24 bits per heavy atom. The van der Waals surface area contributed by atoms with Gasteiger partial charge in [-0.1, -0.05) is 29.8 Å². The first kappa shape index (κ1) is 16.3. The zero-order valence-electron chi connectivity index (χ0n) is 14.7. The van der Waals surface area contributed by atoms with Gasteiger partial charge >= 0.3 is 0 Å². The van der Waals surface area contributed by atoms with Crippen molar-refractivity contribution in [3.05, 3.63) is 53.9 Å². The molecule has 0 N–H and O–H groups in total. The summed E-state index contributed by atoms with van der Waals surface area (Å²) in [6, 6.07) is 10.6. The van der Waals surface area contributed by atoms with Crippen LogP contribution >= 0.6 is 0 Å². The highest BCUT2D eigenvalue weighted by Crippen LogP contribution is 2.31. The third kappa shape index (κ3) is 3.47. The van der Waals surface area contributed by atoms with Crippen LogP contribution in [0.15, 0.2) is 42.7 Å². The summed E-state index contributed by atoms with van der Waals surface area (Å²) in [5.74, 6) is 0.810. The number of rotatable bonds is 4. The van der Waals surface area contributed by atoms with Crippen molar-refractivity contribution in [2.45, 2.75) is 38.3 Å². The third-order valence-electron chi connectivity index (χ3n) is 5.45. The van der Waals surface area contributed by atoms with Crippen molar-refractivity contribution < 1.29 is 9.53 Å². The molecule has 2 aliphatic heterocycles. The van der Waals surface area contributed by atoms with Crippen molar-refractivity contribution in [3.8, 4) is 0 Å². The Balaban J connectivity index is 1.41. The molecule has 5 nitrogen and oxygen atoms in total. The third-order valence-corrected chi connectivity index (χ3v) is 5.45. The van der Waals surface area contributed by atoms with E-state index in [-0.39, 0.29) is 17.9 Å². The van der Waals surface area contributed by atoms with Crippen molar-refractivity contribution in [2.24, 2.45) is 5.92 Å². The van der Waals surface area contributed by atoms with Crippen LogP contribution in [0.1, 0.15) is 29.9 Å². The highest BCUT2D eigenvalue weighted by molar-refractivity contribution is 5.82. The van der Waals surface area contributed by atoms with Gasteiger partial charge in [-0.3, -0.25) is 9.48 Å². The van der Waals surface area contributed by atoms with Crippen LogP contribution in [0.5, 0.6) is 0 Å². The summed E-state index contributed by atoms with van der Waals surface area (Å²) in [6.07, 6.45) is 5.36. The van der Waals surface area contributed by atoms with Gasteiger partial charge < -0.3 is 9.64 Å². The molecule has 0 saturated carbocycles. The fraction of sp³-hybridized carbons (Fsp3) is 0.500. The predicted octanol–water partition coefficient (Wildman–Crippen LogP) is 2.61. The predicted molar refractivity (Wildman–Crippen MR) is 95.2 cm³/mol. The average Bonchev–Trinajstić information content (AvgIpc) is 3.36. The van der Waals surface area contributed by atoms with Crippen LogP contribution in [0.2, 0.25) is 0 Å². The lowest BCUT2D eigenvalue weighted by Gasteiger charge is -2.24. The number of benzene rings is 1. The van der Waals surface area contributed by atoms with Crippen molar-refractivity contribution in [1.29, 1.82) is 0 Å². The molecule has 2 aromatic rings. The highest BCUT2D eigenvalue weighted by Gasteiger charge is 2.39. The number of hydrogen-bond donors (Lipinski definition) is 0. The van der Waals surface area contributed by atoms with Crippen molar-refractivity contribution in [3.63, 3.8) is 0 Å². The van der Waals surface area contributed by atoms with Gasteiger partial charge in [-0.25, -0.2) is 0 Å². The summed E-state index contributed by atoms with van der Waals surface area (Å²) in [5, 5.41) is 4.27. The van der Waals surface area contributed by atoms with Gasteiger partial charge in [-0.05, 0) is 31.4 Å². The molecule has 2 saturated heterocycles. The Morgan fingerprint density at radius 1 is 1.32 bits per heavy atom. The maximum Gasteiger partial charge on any atom is 0.252 e. The molecule has 0 spiro atoms. The Morgan fingerprint density at radius 3 is 3.04 bits per heavy atom. The Bertz CT molecular complexity index is 728. The lowest BCUT2D eigenvalue weighted by molar-refractivity contribution is -0.141. The number of likely N-dealkylation sites (tertiary alicyclic amines) is 1. The van der Waals surface area contributed by atoms with Gasteiger partial charge in [-0.15, -0.1) is 0 Å². The number of nitrogens with zero attached hydrogens (tertiary/aromatic N) is 3. The van der Waals surface area contributed by atoms with E-state index in [1.165, 1.54) is 11.1 Å². The average molecular weight is 339 g/mol. The van der Waals surface area contributed by atoms with Crippen LogP contribution in [-0.4, -0.2) is 46.4 Å². The Kier molecular flexibility index (Phi) is 4.57. The van der Waals surface area contributed by atoms with Gasteiger partial charge in [0.05, 0.1) is 0 Å². The van der Waals surface area contributed by atoms with Crippen LogP contribution in [0, 0.1) is 12.8 Å². The van der Waals surface area contributed by atoms with E-state index in [0.29, 0.717) is 12.5 Å². The maximum absolute atomic E-state index is 13.0. The van der Waals surface area contributed by atoms with Gasteiger partial charge in [0.2, 0.25) is 0 Å². The van der Waals surface area contributed by atoms with E-state index in [1.807, 2.05) is 21.8 Å². The molecular weight excluding hydrogens is 314 g/mol. The van der Waals surface area contributed by atoms with Gasteiger partial charge in [0, 0.05) is 50.5 Å². The van der Waals surface area contributed by atoms with E-state index in [2.05, 4.69) is 36.3 Å². The van der Waals surface area contributed by atoms with E-state index in [4.69, 9.17) is 4.74 Å². The minimum Gasteiger partial charge on any atom is -0.368 e. The summed E-state index contributed by atoms with van der Waals surface area (Å²) < 4.78 is 7.72. The largest absolute Gasteiger partial charge is 0.368 e. The number of carbonyl (C=O) groups is 1. The van der Waals surface area contributed by atoms with Gasteiger partial charge in [0.15, 0.2) is 0 Å². The number of ether oxygens (including phenoxy) is 1. The van der Waals surface area contributed by atoms with E-state index >= 15 is 0 Å². The van der Waals surface area contributed by atoms with Crippen molar-refractivity contribution in [1.82, 2.24) is 14.7 Å². The van der Waals surface area contributed by atoms with Crippen LogP contribution in [-0.2, 0) is 16.1 Å². The molecular formula is C20H25N3O2. The lowest BCUT2D eigenvalue weighted by atomic mass is 9.97. The summed E-state index contributed by atoms with van der Waals surface area (Å²) in [4.78, 5) is 15.0. The smallest absolute Gasteiger partial charge is 0.252 e. The van der Waals surface area contributed by atoms with Gasteiger partial charge in [0.25, 0.3) is 5.91 Å². The SMILES string of the molecule is Cc1cccc(C2CCN(C(=O)[C@@H]3OCC[C@@H]3Cn3cccn3)C2)c1. The van der Waals surface area contributed by atoms with Crippen LogP contribution in [0.3, 0.4) is 0 Å². The molecule has 0 aliphatic carbocycles. The summed E-state index contributed by atoms with van der Waals surface area (Å²) >= 11 is 0. The highest BCUT2D eigenvalue weighted by atomic mass is 16.5. The zero-order chi connectivity index (χ0) is 17.2. The first-order valence-electron chi connectivity index (χ1n) is 9.15. The molecule has 2 aliphatic rings. The summed E-state index contributed by atoms with van der Waals surface area (Å²) in [5.41, 5.74) is 2.62. The standard InChI is InChI=1S/C20H25N3O2/c1-15-4-2-5-16(12-15)17-6-10-22(13-17)20(24)19-18(7-11-25-19)14-23-9-3-8-21-23/h2-5,8-9,12,17-19H,6-7,10-11,13-14H2,1H3/t17?,18-,19-/m1/s1. The van der Waals surface area contributed by atoms with Crippen LogP contribution < -0.4 is 0 Å². The summed E-state index contributed by atoms with van der Waals surface area (Å²) in [6.45, 7) is 5.16. The van der Waals surface area contributed by atoms with E-state index in [1.54, 1.807) is 6.20 Å². The number of amides is 1. The van der Waals surface area contributed by atoms with E-state index in [9.17, 15) is 4.79 Å². The fourth-order valence-electron chi connectivity index (χ4n) is 4.08. The molecule has 1 aromatic heterocycles. The first-order valence-corrected chi connectivity index (χ1v) is 9.15. The molecule has 4 rings (SSSR count). The number of carbonyl (C=O) groups excluding carboxylic acids is 1. The minimum absolute atomic E-state index is 0.157. The lowest BCUT2D eigenvalue weighted by Crippen LogP contribution is -2.41. The normalized spacial score (nSPS) is 26.3. The molecule has 1 aromatic carbocycles. The summed E-state index contributed by atoms with van der Waals surface area (Å²) in [7, 11) is 0. The quantitative estimate of drug-likeness (QED) is 0.860. The number of hydrogen-bond acceptors (Lipinski definition) is 3. The second kappa shape index (κ2) is 7.00. The minimum atomic E-state index is -0.319. The fourth-order valence-corrected chi connectivity index (χ4v) is 4.08. The van der Waals surface area contributed by atoms with Crippen LogP contribution in [0.4, 0.5) is 0 Å². The molecule has 5 heteroatoms. The number of aromatic nitrogens is 2. The maximum atomic E-state index is 13.0. The van der Waals surface area contributed by atoms with Crippen molar-refractivity contribution >= 4 is 5.91 Å². The topological polar surface area (TPSA) is 47.4 Å². The Labute approximate surface area is 148 Å².